The van der Waals surface area contributed by atoms with Gasteiger partial charge in [-0.3, -0.25) is 0 Å². The van der Waals surface area contributed by atoms with Gasteiger partial charge in [-0.05, 0) is 38.8 Å². The smallest absolute Gasteiger partial charge is 0.333 e. The van der Waals surface area contributed by atoms with Gasteiger partial charge < -0.3 is 9.16 Å². The number of carbonyl (C=O) groups is 1. The summed E-state index contributed by atoms with van der Waals surface area (Å²) >= 11 is 0. The Hall–Kier alpha value is -0.613. The summed E-state index contributed by atoms with van der Waals surface area (Å²) in [5, 5.41) is 0. The van der Waals surface area contributed by atoms with Gasteiger partial charge in [0.15, 0.2) is 9.04 Å². The first-order valence-corrected chi connectivity index (χ1v) is 8.59. The highest BCUT2D eigenvalue weighted by atomic mass is 28.3. The first kappa shape index (κ1) is 16.4. The number of hydrogen-bond acceptors (Lipinski definition) is 3. The minimum Gasteiger partial charge on any atom is -0.462 e. The van der Waals surface area contributed by atoms with Crippen LogP contribution >= 0.6 is 0 Å². The van der Waals surface area contributed by atoms with Crippen molar-refractivity contribution >= 4 is 15.0 Å². The van der Waals surface area contributed by atoms with Gasteiger partial charge in [-0.1, -0.05) is 20.4 Å². The van der Waals surface area contributed by atoms with Crippen LogP contribution in [0.5, 0.6) is 0 Å². The Balaban J connectivity index is 3.61. The summed E-state index contributed by atoms with van der Waals surface area (Å²) in [6.07, 6.45) is 2.09. The lowest BCUT2D eigenvalue weighted by atomic mass is 10.2. The van der Waals surface area contributed by atoms with Gasteiger partial charge >= 0.3 is 5.97 Å². The van der Waals surface area contributed by atoms with Gasteiger partial charge in [0.2, 0.25) is 0 Å². The van der Waals surface area contributed by atoms with Crippen LogP contribution in [0.1, 0.15) is 40.5 Å². The molecule has 0 aromatic heterocycles. The van der Waals surface area contributed by atoms with Gasteiger partial charge in [0, 0.05) is 11.7 Å². The highest BCUT2D eigenvalue weighted by Crippen LogP contribution is 2.09. The monoisotopic (exact) mass is 258 g/mol. The lowest BCUT2D eigenvalue weighted by Crippen LogP contribution is -2.22. The topological polar surface area (TPSA) is 35.5 Å². The summed E-state index contributed by atoms with van der Waals surface area (Å²) in [4.78, 5) is 11.1. The van der Waals surface area contributed by atoms with E-state index in [9.17, 15) is 4.79 Å². The van der Waals surface area contributed by atoms with Crippen LogP contribution in [0.4, 0.5) is 0 Å². The van der Waals surface area contributed by atoms with E-state index in [4.69, 9.17) is 9.16 Å². The first-order valence-electron chi connectivity index (χ1n) is 6.49. The molecule has 0 fully saturated rings. The molecule has 17 heavy (non-hydrogen) atoms. The van der Waals surface area contributed by atoms with Gasteiger partial charge in [0.1, 0.15) is 0 Å². The molecule has 0 aliphatic rings. The van der Waals surface area contributed by atoms with Gasteiger partial charge in [-0.15, -0.1) is 0 Å². The number of esters is 1. The van der Waals surface area contributed by atoms with Gasteiger partial charge in [0.05, 0.1) is 6.61 Å². The van der Waals surface area contributed by atoms with Crippen LogP contribution in [0.15, 0.2) is 12.2 Å². The quantitative estimate of drug-likeness (QED) is 0.276. The Bertz CT molecular complexity index is 237. The SMILES string of the molecule is C=C(C)C(=O)OCCCC(C)O[SiH](CC)CC. The average Bonchev–Trinajstić information content (AvgIpc) is 2.31. The molecule has 0 bridgehead atoms. The maximum Gasteiger partial charge on any atom is 0.333 e. The van der Waals surface area contributed by atoms with Crippen molar-refractivity contribution in [1.82, 2.24) is 0 Å². The predicted octanol–water partition coefficient (Wildman–Crippen LogP) is 3.05. The van der Waals surface area contributed by atoms with E-state index >= 15 is 0 Å². The molecule has 0 N–H and O–H groups in total. The van der Waals surface area contributed by atoms with Gasteiger partial charge in [0.25, 0.3) is 0 Å². The van der Waals surface area contributed by atoms with E-state index in [-0.39, 0.29) is 12.1 Å². The maximum absolute atomic E-state index is 11.1. The zero-order valence-electron chi connectivity index (χ0n) is 11.6. The number of hydrogen-bond donors (Lipinski definition) is 0. The Kier molecular flexibility index (Phi) is 9.08. The first-order chi connectivity index (χ1) is 8.01. The number of ether oxygens (including phenoxy) is 1. The van der Waals surface area contributed by atoms with Crippen molar-refractivity contribution in [3.05, 3.63) is 12.2 Å². The second-order valence-corrected chi connectivity index (χ2v) is 7.59. The normalized spacial score (nSPS) is 12.5. The van der Waals surface area contributed by atoms with E-state index in [0.717, 1.165) is 12.8 Å². The van der Waals surface area contributed by atoms with Crippen molar-refractivity contribution < 1.29 is 14.0 Å². The molecule has 1 atom stereocenters. The van der Waals surface area contributed by atoms with Crippen molar-refractivity contribution in [2.75, 3.05) is 6.61 Å². The molecular formula is C13H26O3Si. The summed E-state index contributed by atoms with van der Waals surface area (Å²) in [7, 11) is -0.959. The lowest BCUT2D eigenvalue weighted by molar-refractivity contribution is -0.139. The van der Waals surface area contributed by atoms with Crippen LogP contribution < -0.4 is 0 Å². The zero-order valence-corrected chi connectivity index (χ0v) is 12.8. The molecule has 0 spiro atoms. The molecule has 1 unspecified atom stereocenters. The fourth-order valence-corrected chi connectivity index (χ4v) is 3.29. The highest BCUT2D eigenvalue weighted by Gasteiger charge is 2.11. The van der Waals surface area contributed by atoms with E-state index < -0.39 is 9.04 Å². The van der Waals surface area contributed by atoms with Gasteiger partial charge in [-0.2, -0.15) is 0 Å². The van der Waals surface area contributed by atoms with Gasteiger partial charge in [-0.25, -0.2) is 4.79 Å². The summed E-state index contributed by atoms with van der Waals surface area (Å²) in [6.45, 7) is 12.2. The fourth-order valence-electron chi connectivity index (χ4n) is 1.54. The zero-order chi connectivity index (χ0) is 13.3. The third-order valence-corrected chi connectivity index (χ3v) is 5.34. The van der Waals surface area contributed by atoms with Crippen molar-refractivity contribution in [2.45, 2.75) is 58.7 Å². The summed E-state index contributed by atoms with van der Waals surface area (Å²) in [5.74, 6) is -0.298. The largest absolute Gasteiger partial charge is 0.462 e. The molecule has 0 aromatic rings. The molecule has 0 saturated heterocycles. The Morgan fingerprint density at radius 2 is 1.94 bits per heavy atom. The summed E-state index contributed by atoms with van der Waals surface area (Å²) in [5.41, 5.74) is 0.457. The van der Waals surface area contributed by atoms with Crippen molar-refractivity contribution in [3.8, 4) is 0 Å². The van der Waals surface area contributed by atoms with Crippen molar-refractivity contribution in [1.29, 1.82) is 0 Å². The number of rotatable bonds is 9. The molecule has 0 aromatic carbocycles. The summed E-state index contributed by atoms with van der Waals surface area (Å²) in [6, 6.07) is 2.37. The van der Waals surface area contributed by atoms with Crippen molar-refractivity contribution in [3.63, 3.8) is 0 Å². The Morgan fingerprint density at radius 1 is 1.35 bits per heavy atom. The fraction of sp³-hybridized carbons (Fsp3) is 0.769. The molecule has 0 heterocycles. The van der Waals surface area contributed by atoms with E-state index in [2.05, 4.69) is 27.4 Å². The van der Waals surface area contributed by atoms with E-state index in [1.807, 2.05) is 0 Å². The molecule has 0 aliphatic heterocycles. The third kappa shape index (κ3) is 8.16. The average molecular weight is 258 g/mol. The summed E-state index contributed by atoms with van der Waals surface area (Å²) < 4.78 is 11.0. The Labute approximate surface area is 107 Å². The van der Waals surface area contributed by atoms with Crippen LogP contribution in [0, 0.1) is 0 Å². The predicted molar refractivity (Wildman–Crippen MR) is 73.7 cm³/mol. The second-order valence-electron chi connectivity index (χ2n) is 4.44. The van der Waals surface area contributed by atoms with Crippen LogP contribution in [-0.2, 0) is 14.0 Å². The lowest BCUT2D eigenvalue weighted by Gasteiger charge is -2.19. The maximum atomic E-state index is 11.1. The molecule has 3 nitrogen and oxygen atoms in total. The molecule has 100 valence electrons. The Morgan fingerprint density at radius 3 is 2.41 bits per heavy atom. The van der Waals surface area contributed by atoms with Crippen molar-refractivity contribution in [2.24, 2.45) is 0 Å². The second kappa shape index (κ2) is 9.42. The molecule has 0 aliphatic carbocycles. The molecule has 0 saturated carbocycles. The van der Waals surface area contributed by atoms with Crippen LogP contribution in [0.2, 0.25) is 12.1 Å². The highest BCUT2D eigenvalue weighted by molar-refractivity contribution is 6.51. The number of carbonyl (C=O) groups excluding carboxylic acids is 1. The van der Waals surface area contributed by atoms with Crippen LogP contribution in [0.3, 0.4) is 0 Å². The van der Waals surface area contributed by atoms with E-state index in [1.54, 1.807) is 6.92 Å². The minimum absolute atomic E-state index is 0.287. The minimum atomic E-state index is -0.959. The molecule has 0 amide bonds. The molecule has 0 rings (SSSR count). The van der Waals surface area contributed by atoms with E-state index in [1.165, 1.54) is 12.1 Å². The molecule has 0 radical (unpaired) electrons. The van der Waals surface area contributed by atoms with Crippen LogP contribution in [-0.4, -0.2) is 27.7 Å². The van der Waals surface area contributed by atoms with E-state index in [0.29, 0.717) is 12.2 Å². The van der Waals surface area contributed by atoms with Crippen LogP contribution in [0.25, 0.3) is 0 Å². The standard InChI is InChI=1S/C13H26O3Si/c1-6-17(7-2)16-12(5)9-8-10-15-13(14)11(3)4/h12,17H,3,6-10H2,1-2,4-5H3. The molecular weight excluding hydrogens is 232 g/mol. The molecule has 4 heteroatoms. The third-order valence-electron chi connectivity index (χ3n) is 2.67.